The van der Waals surface area contributed by atoms with Crippen LogP contribution in [0.4, 0.5) is 5.69 Å². The maximum Gasteiger partial charge on any atom is 0.241 e. The molecule has 0 saturated carbocycles. The minimum Gasteiger partial charge on any atom is -0.325 e. The predicted octanol–water partition coefficient (Wildman–Crippen LogP) is 1.74. The van der Waals surface area contributed by atoms with Crippen LogP contribution in [0.15, 0.2) is 30.6 Å². The number of halogens is 1. The number of carbonyl (C=O) groups excluding carboxylic acids is 1. The molecule has 2 aromatic rings. The Hall–Kier alpha value is -1.72. The van der Waals surface area contributed by atoms with Crippen molar-refractivity contribution in [3.63, 3.8) is 0 Å². The third-order valence-electron chi connectivity index (χ3n) is 3.11. The number of hydrogen-bond donors (Lipinski definition) is 2. The highest BCUT2D eigenvalue weighted by Gasteiger charge is 2.21. The van der Waals surface area contributed by atoms with E-state index in [1.165, 1.54) is 0 Å². The molecule has 19 heavy (non-hydrogen) atoms. The molecule has 1 aromatic carbocycles. The van der Waals surface area contributed by atoms with Crippen LogP contribution in [0.5, 0.6) is 0 Å². The Balaban J connectivity index is 0.00000133. The molecule has 1 fully saturated rings. The number of hydrogen-bond acceptors (Lipinski definition) is 4. The fourth-order valence-electron chi connectivity index (χ4n) is 2.18. The highest BCUT2D eigenvalue weighted by atomic mass is 35.5. The normalized spacial score (nSPS) is 18.0. The van der Waals surface area contributed by atoms with E-state index < -0.39 is 0 Å². The van der Waals surface area contributed by atoms with Gasteiger partial charge in [0.15, 0.2) is 0 Å². The molecule has 1 amide bonds. The topological polar surface area (TPSA) is 66.9 Å². The summed E-state index contributed by atoms with van der Waals surface area (Å²) in [6.07, 6.45) is 5.26. The van der Waals surface area contributed by atoms with E-state index in [1.807, 2.05) is 18.2 Å². The summed E-state index contributed by atoms with van der Waals surface area (Å²) < 4.78 is 0. The number of carbonyl (C=O) groups is 1. The SMILES string of the molecule is Cl.O=C(Nc1ccc2nccnc2c1)C1CCCN1. The van der Waals surface area contributed by atoms with Crippen molar-refractivity contribution in [3.8, 4) is 0 Å². The average Bonchev–Trinajstić information content (AvgIpc) is 2.92. The zero-order valence-electron chi connectivity index (χ0n) is 10.3. The van der Waals surface area contributed by atoms with Crippen molar-refractivity contribution in [2.45, 2.75) is 18.9 Å². The Bertz CT molecular complexity index is 584. The van der Waals surface area contributed by atoms with E-state index in [2.05, 4.69) is 20.6 Å². The number of aromatic nitrogens is 2. The van der Waals surface area contributed by atoms with Gasteiger partial charge in [0.2, 0.25) is 5.91 Å². The first-order valence-corrected chi connectivity index (χ1v) is 6.08. The molecule has 0 spiro atoms. The lowest BCUT2D eigenvalue weighted by Crippen LogP contribution is -2.35. The van der Waals surface area contributed by atoms with Crippen molar-refractivity contribution in [1.82, 2.24) is 15.3 Å². The van der Waals surface area contributed by atoms with Crippen molar-refractivity contribution in [1.29, 1.82) is 0 Å². The number of nitrogens with one attached hydrogen (secondary N) is 2. The van der Waals surface area contributed by atoms with Crippen LogP contribution in [0.2, 0.25) is 0 Å². The van der Waals surface area contributed by atoms with Gasteiger partial charge >= 0.3 is 0 Å². The fraction of sp³-hybridized carbons (Fsp3) is 0.308. The lowest BCUT2D eigenvalue weighted by atomic mass is 10.2. The zero-order chi connectivity index (χ0) is 12.4. The Morgan fingerprint density at radius 2 is 2.05 bits per heavy atom. The van der Waals surface area contributed by atoms with Gasteiger partial charge in [0, 0.05) is 18.1 Å². The molecule has 5 nitrogen and oxygen atoms in total. The summed E-state index contributed by atoms with van der Waals surface area (Å²) in [5.74, 6) is 0.0238. The predicted molar refractivity (Wildman–Crippen MR) is 76.4 cm³/mol. The van der Waals surface area contributed by atoms with Gasteiger partial charge in [0.1, 0.15) is 0 Å². The van der Waals surface area contributed by atoms with Crippen LogP contribution in [0, 0.1) is 0 Å². The van der Waals surface area contributed by atoms with Gasteiger partial charge < -0.3 is 10.6 Å². The first kappa shape index (κ1) is 13.7. The number of nitrogens with zero attached hydrogens (tertiary/aromatic N) is 2. The summed E-state index contributed by atoms with van der Waals surface area (Å²) in [4.78, 5) is 20.3. The van der Waals surface area contributed by atoms with Crippen molar-refractivity contribution in [2.75, 3.05) is 11.9 Å². The van der Waals surface area contributed by atoms with Crippen molar-refractivity contribution in [3.05, 3.63) is 30.6 Å². The lowest BCUT2D eigenvalue weighted by molar-refractivity contribution is -0.117. The Morgan fingerprint density at radius 3 is 2.79 bits per heavy atom. The van der Waals surface area contributed by atoms with Crippen LogP contribution in [0.1, 0.15) is 12.8 Å². The monoisotopic (exact) mass is 278 g/mol. The molecule has 1 saturated heterocycles. The summed E-state index contributed by atoms with van der Waals surface area (Å²) in [7, 11) is 0. The Kier molecular flexibility index (Phi) is 4.29. The van der Waals surface area contributed by atoms with Crippen LogP contribution in [-0.2, 0) is 4.79 Å². The summed E-state index contributed by atoms with van der Waals surface area (Å²) in [6, 6.07) is 5.49. The van der Waals surface area contributed by atoms with E-state index in [0.29, 0.717) is 0 Å². The second kappa shape index (κ2) is 5.95. The molecule has 1 aliphatic rings. The van der Waals surface area contributed by atoms with Gasteiger partial charge in [0.25, 0.3) is 0 Å². The molecule has 2 N–H and O–H groups in total. The van der Waals surface area contributed by atoms with Gasteiger partial charge in [-0.05, 0) is 37.6 Å². The van der Waals surface area contributed by atoms with Crippen LogP contribution in [0.25, 0.3) is 11.0 Å². The Morgan fingerprint density at radius 1 is 1.26 bits per heavy atom. The van der Waals surface area contributed by atoms with Gasteiger partial charge in [-0.25, -0.2) is 0 Å². The maximum atomic E-state index is 11.9. The summed E-state index contributed by atoms with van der Waals surface area (Å²) in [6.45, 7) is 0.918. The van der Waals surface area contributed by atoms with Gasteiger partial charge in [-0.3, -0.25) is 14.8 Å². The number of fused-ring (bicyclic) bond motifs is 1. The van der Waals surface area contributed by atoms with Crippen LogP contribution in [0.3, 0.4) is 0 Å². The first-order valence-electron chi connectivity index (χ1n) is 6.08. The van der Waals surface area contributed by atoms with Crippen molar-refractivity contribution < 1.29 is 4.79 Å². The minimum atomic E-state index is -0.0671. The second-order valence-corrected chi connectivity index (χ2v) is 4.40. The molecule has 0 radical (unpaired) electrons. The van der Waals surface area contributed by atoms with E-state index in [9.17, 15) is 4.79 Å². The number of anilines is 1. The summed E-state index contributed by atoms with van der Waals surface area (Å²) in [5, 5.41) is 6.08. The molecule has 3 rings (SSSR count). The molecule has 100 valence electrons. The maximum absolute atomic E-state index is 11.9. The fourth-order valence-corrected chi connectivity index (χ4v) is 2.18. The average molecular weight is 279 g/mol. The molecule has 0 aliphatic carbocycles. The van der Waals surface area contributed by atoms with E-state index in [0.717, 1.165) is 36.1 Å². The molecule has 6 heteroatoms. The van der Waals surface area contributed by atoms with E-state index in [1.54, 1.807) is 12.4 Å². The van der Waals surface area contributed by atoms with E-state index in [4.69, 9.17) is 0 Å². The van der Waals surface area contributed by atoms with Gasteiger partial charge in [-0.2, -0.15) is 0 Å². The zero-order valence-corrected chi connectivity index (χ0v) is 11.1. The Labute approximate surface area is 117 Å². The molecule has 2 heterocycles. The van der Waals surface area contributed by atoms with Crippen molar-refractivity contribution >= 4 is 35.0 Å². The molecule has 1 atom stereocenters. The largest absolute Gasteiger partial charge is 0.325 e. The molecule has 0 bridgehead atoms. The standard InChI is InChI=1S/C13H14N4O.ClH/c18-13(11-2-1-5-14-11)17-9-3-4-10-12(8-9)16-7-6-15-10;/h3-4,6-8,11,14H,1-2,5H2,(H,17,18);1H. The van der Waals surface area contributed by atoms with Crippen LogP contribution in [-0.4, -0.2) is 28.5 Å². The van der Waals surface area contributed by atoms with Crippen LogP contribution >= 0.6 is 12.4 Å². The lowest BCUT2D eigenvalue weighted by Gasteiger charge is -2.11. The highest BCUT2D eigenvalue weighted by molar-refractivity contribution is 5.96. The molecule has 1 unspecified atom stereocenters. The molecule has 1 aliphatic heterocycles. The molecule has 1 aromatic heterocycles. The number of rotatable bonds is 2. The molecular weight excluding hydrogens is 264 g/mol. The summed E-state index contributed by atoms with van der Waals surface area (Å²) in [5.41, 5.74) is 2.38. The third-order valence-corrected chi connectivity index (χ3v) is 3.11. The van der Waals surface area contributed by atoms with Gasteiger partial charge in [0.05, 0.1) is 17.1 Å². The van der Waals surface area contributed by atoms with Crippen molar-refractivity contribution in [2.24, 2.45) is 0 Å². The number of benzene rings is 1. The van der Waals surface area contributed by atoms with Gasteiger partial charge in [-0.15, -0.1) is 12.4 Å². The smallest absolute Gasteiger partial charge is 0.241 e. The second-order valence-electron chi connectivity index (χ2n) is 4.40. The molecular formula is C13H15ClN4O. The first-order chi connectivity index (χ1) is 8.83. The van der Waals surface area contributed by atoms with Crippen LogP contribution < -0.4 is 10.6 Å². The quantitative estimate of drug-likeness (QED) is 0.878. The van der Waals surface area contributed by atoms with E-state index >= 15 is 0 Å². The van der Waals surface area contributed by atoms with E-state index in [-0.39, 0.29) is 24.4 Å². The van der Waals surface area contributed by atoms with Gasteiger partial charge in [-0.1, -0.05) is 0 Å². The highest BCUT2D eigenvalue weighted by Crippen LogP contribution is 2.16. The third kappa shape index (κ3) is 3.00. The minimum absolute atomic E-state index is 0. The number of amides is 1. The summed E-state index contributed by atoms with van der Waals surface area (Å²) >= 11 is 0.